The number of para-hydroxylation sites is 1. The molecule has 3 saturated carbocycles. The molecule has 6 heteroatoms. The Hall–Kier alpha value is 0.538. The summed E-state index contributed by atoms with van der Waals surface area (Å²) in [7, 11) is 2.04. The van der Waals surface area contributed by atoms with Crippen LogP contribution in [0, 0.1) is 9.72 Å². The summed E-state index contributed by atoms with van der Waals surface area (Å²) in [5.41, 5.74) is 1.80. The molecule has 24 heavy (non-hydrogen) atoms. The van der Waals surface area contributed by atoms with Crippen LogP contribution in [-0.4, -0.2) is 16.0 Å². The van der Waals surface area contributed by atoms with Crippen LogP contribution in [0.2, 0.25) is 0 Å². The maximum absolute atomic E-state index is 2.46. The molecule has 0 amide bonds. The van der Waals surface area contributed by atoms with Crippen molar-refractivity contribution in [2.24, 2.45) is 13.0 Å². The first-order valence-electron chi connectivity index (χ1n) is 8.38. The molecule has 0 aliphatic heterocycles. The molecule has 0 spiro atoms. The molecular formula is C18H23I2N3Pt. The first-order chi connectivity index (χ1) is 11.5. The van der Waals surface area contributed by atoms with Gasteiger partial charge in [-0.1, -0.05) is 0 Å². The number of hydrogen-bond donors (Lipinski definition) is 0. The fourth-order valence-corrected chi connectivity index (χ4v) is 5.78. The molecule has 1 heterocycles. The van der Waals surface area contributed by atoms with Crippen LogP contribution in [0.5, 0.6) is 0 Å². The Morgan fingerprint density at radius 2 is 1.62 bits per heavy atom. The Balaban J connectivity index is 0.000000143. The number of halogens is 2. The molecule has 3 aliphatic carbocycles. The Morgan fingerprint density at radius 1 is 1.04 bits per heavy atom. The monoisotopic (exact) mass is 730 g/mol. The van der Waals surface area contributed by atoms with Gasteiger partial charge in [-0.2, -0.15) is 1.33 Å². The van der Waals surface area contributed by atoms with Crippen LogP contribution in [0.15, 0.2) is 42.7 Å². The second-order valence-electron chi connectivity index (χ2n) is 6.80. The molecule has 2 aromatic rings. The predicted octanol–water partition coefficient (Wildman–Crippen LogP) is 5.61. The van der Waals surface area contributed by atoms with E-state index in [1.54, 1.807) is 0 Å². The standard InChI is InChI=1S/C10H10N2.C8H13I2N.Pt/c1-11-7-8-12(9-11)10-5-3-2-4-6-10;9-11(10)8-4-1-7(2-5-8)3-6-8;/h2-8H,1H3;7H,1-6H2;. The minimum atomic E-state index is 0.593. The minimum absolute atomic E-state index is 0.593. The molecular weight excluding hydrogens is 707 g/mol. The fraction of sp³-hybridized carbons (Fsp3) is 0.500. The summed E-state index contributed by atoms with van der Waals surface area (Å²) in [5, 5.41) is 0. The molecule has 5 rings (SSSR count). The first-order valence-corrected chi connectivity index (χ1v) is 11.4. The maximum atomic E-state index is 2.46. The van der Waals surface area contributed by atoms with Crippen molar-refractivity contribution in [1.82, 2.24) is 10.5 Å². The second-order valence-corrected chi connectivity index (χ2v) is 11.6. The number of hydrogen-bond acceptors (Lipinski definition) is 1. The van der Waals surface area contributed by atoms with Crippen LogP contribution < -0.4 is 0 Å². The summed E-state index contributed by atoms with van der Waals surface area (Å²) in [6, 6.07) is 10.3. The van der Waals surface area contributed by atoms with Gasteiger partial charge < -0.3 is 0 Å². The molecule has 1 aromatic heterocycles. The van der Waals surface area contributed by atoms with Crippen LogP contribution in [-0.2, 0) is 26.4 Å². The van der Waals surface area contributed by atoms with Crippen LogP contribution in [0.4, 0.5) is 0 Å². The largest absolute Gasteiger partial charge is 0.182 e. The minimum Gasteiger partial charge on any atom is -0.182 e. The number of aromatic nitrogens is 2. The van der Waals surface area contributed by atoms with Crippen molar-refractivity contribution in [3.05, 3.63) is 46.5 Å². The quantitative estimate of drug-likeness (QED) is 0.290. The fourth-order valence-electron chi connectivity index (χ4n) is 3.70. The summed E-state index contributed by atoms with van der Waals surface area (Å²) in [6.07, 6.45) is 12.9. The summed E-state index contributed by atoms with van der Waals surface area (Å²) < 4.78 is 7.86. The topological polar surface area (TPSA) is 13.1 Å². The number of imidazole rings is 1. The summed E-state index contributed by atoms with van der Waals surface area (Å²) in [6.45, 7) is 0. The van der Waals surface area contributed by atoms with Crippen molar-refractivity contribution < 1.29 is 19.4 Å². The van der Waals surface area contributed by atoms with Crippen LogP contribution in [0.3, 0.4) is 0 Å². The molecule has 3 aliphatic rings. The molecule has 1 aromatic carbocycles. The summed E-state index contributed by atoms with van der Waals surface area (Å²) >= 11 is 7.23. The number of fused-ring (bicyclic) bond motifs is 3. The van der Waals surface area contributed by atoms with Crippen molar-refractivity contribution in [3.63, 3.8) is 0 Å². The van der Waals surface area contributed by atoms with Gasteiger partial charge >= 0.3 is 87.8 Å². The van der Waals surface area contributed by atoms with Crippen molar-refractivity contribution in [3.8, 4) is 5.69 Å². The average molecular weight is 730 g/mol. The van der Waals surface area contributed by atoms with Gasteiger partial charge in [0.2, 0.25) is 0 Å². The third-order valence-electron chi connectivity index (χ3n) is 5.34. The van der Waals surface area contributed by atoms with Crippen LogP contribution in [0.25, 0.3) is 5.69 Å². The normalized spacial score (nSPS) is 25.5. The van der Waals surface area contributed by atoms with Crippen molar-refractivity contribution in [1.29, 1.82) is 0 Å². The SMILES string of the molecule is Cn1ccn(-c2ccccc2)[c]1=[Pt].IN(I)C12CCC(CC1)CC2. The van der Waals surface area contributed by atoms with Gasteiger partial charge in [-0.25, -0.2) is 0 Å². The van der Waals surface area contributed by atoms with Crippen molar-refractivity contribution >= 4 is 45.7 Å². The van der Waals surface area contributed by atoms with E-state index in [0.717, 1.165) is 5.92 Å². The predicted molar refractivity (Wildman–Crippen MR) is 112 cm³/mol. The maximum Gasteiger partial charge on any atom is 0.0408 e. The first kappa shape index (κ1) is 19.3. The molecule has 0 saturated heterocycles. The Kier molecular flexibility index (Phi) is 6.83. The zero-order valence-electron chi connectivity index (χ0n) is 13.8. The molecule has 0 N–H and O–H groups in total. The zero-order valence-corrected chi connectivity index (χ0v) is 20.4. The van der Waals surface area contributed by atoms with Crippen molar-refractivity contribution in [2.75, 3.05) is 0 Å². The van der Waals surface area contributed by atoms with Crippen LogP contribution in [0.1, 0.15) is 38.5 Å². The van der Waals surface area contributed by atoms with Crippen LogP contribution >= 0.6 is 45.7 Å². The number of aryl methyl sites for hydroxylation is 1. The van der Waals surface area contributed by atoms with E-state index in [1.807, 2.05) is 25.2 Å². The number of nitrogens with zero attached hydrogens (tertiary/aromatic N) is 3. The van der Waals surface area contributed by atoms with E-state index >= 15 is 0 Å². The Bertz CT molecular complexity index is 702. The number of rotatable bonds is 2. The molecule has 0 radical (unpaired) electrons. The van der Waals surface area contributed by atoms with Gasteiger partial charge in [-0.15, -0.1) is 0 Å². The average Bonchev–Trinajstić information content (AvgIpc) is 2.97. The molecule has 3 nitrogen and oxygen atoms in total. The molecule has 134 valence electrons. The zero-order chi connectivity index (χ0) is 17.2. The van der Waals surface area contributed by atoms with Gasteiger partial charge in [0.15, 0.2) is 0 Å². The molecule has 2 bridgehead atoms. The third kappa shape index (κ3) is 4.26. The Morgan fingerprint density at radius 3 is 2.04 bits per heavy atom. The molecule has 0 unspecified atom stereocenters. The van der Waals surface area contributed by atoms with Gasteiger partial charge in [0.05, 0.1) is 0 Å². The summed E-state index contributed by atoms with van der Waals surface area (Å²) in [4.78, 5) is 0. The molecule has 3 fully saturated rings. The smallest absolute Gasteiger partial charge is 0.0408 e. The summed E-state index contributed by atoms with van der Waals surface area (Å²) in [5.74, 6) is 1.09. The van der Waals surface area contributed by atoms with Gasteiger partial charge in [0.25, 0.3) is 0 Å². The van der Waals surface area contributed by atoms with E-state index in [2.05, 4.69) is 100 Å². The molecule has 0 atom stereocenters. The van der Waals surface area contributed by atoms with Gasteiger partial charge in [0.1, 0.15) is 0 Å². The van der Waals surface area contributed by atoms with E-state index < -0.39 is 0 Å². The van der Waals surface area contributed by atoms with Gasteiger partial charge in [-0.3, -0.25) is 0 Å². The van der Waals surface area contributed by atoms with E-state index in [4.69, 9.17) is 0 Å². The van der Waals surface area contributed by atoms with Gasteiger partial charge in [0, 0.05) is 51.3 Å². The van der Waals surface area contributed by atoms with Crippen molar-refractivity contribution in [2.45, 2.75) is 44.1 Å². The second kappa shape index (κ2) is 8.49. The van der Waals surface area contributed by atoms with E-state index in [0.29, 0.717) is 5.54 Å². The van der Waals surface area contributed by atoms with E-state index in [9.17, 15) is 0 Å². The van der Waals surface area contributed by atoms with E-state index in [-0.39, 0.29) is 0 Å². The number of benzene rings is 1. The van der Waals surface area contributed by atoms with E-state index in [1.165, 1.54) is 48.0 Å². The Labute approximate surface area is 183 Å². The van der Waals surface area contributed by atoms with Gasteiger partial charge in [-0.05, 0) is 44.4 Å². The third-order valence-corrected chi connectivity index (χ3v) is 8.73.